The predicted molar refractivity (Wildman–Crippen MR) is 61.9 cm³/mol. The SMILES string of the molecule is Cl.NCC[C@@H](N)c1ccc(F)cc1Br. The summed E-state index contributed by atoms with van der Waals surface area (Å²) >= 11 is 3.26. The Bertz CT molecular complexity index is 296. The van der Waals surface area contributed by atoms with Crippen LogP contribution in [0.3, 0.4) is 0 Å². The van der Waals surface area contributed by atoms with Crippen molar-refractivity contribution < 1.29 is 4.39 Å². The van der Waals surface area contributed by atoms with Gasteiger partial charge in [-0.2, -0.15) is 0 Å². The molecule has 0 aliphatic rings. The second-order valence-electron chi connectivity index (χ2n) is 2.85. The predicted octanol–water partition coefficient (Wildman–Crippen LogP) is 2.36. The standard InChI is InChI=1S/C9H12BrFN2.ClH/c10-8-5-6(11)1-2-7(8)9(13)3-4-12;/h1-2,5,9H,3-4,12-13H2;1H/t9-;/m1./s1. The van der Waals surface area contributed by atoms with Gasteiger partial charge in [0, 0.05) is 10.5 Å². The van der Waals surface area contributed by atoms with Crippen molar-refractivity contribution in [2.24, 2.45) is 11.5 Å². The minimum absolute atomic E-state index is 0. The van der Waals surface area contributed by atoms with Crippen molar-refractivity contribution in [3.63, 3.8) is 0 Å². The fourth-order valence-corrected chi connectivity index (χ4v) is 1.78. The first kappa shape index (κ1) is 13.8. The molecule has 1 rings (SSSR count). The first-order valence-corrected chi connectivity index (χ1v) is 4.85. The smallest absolute Gasteiger partial charge is 0.124 e. The average Bonchev–Trinajstić information content (AvgIpc) is 2.04. The summed E-state index contributed by atoms with van der Waals surface area (Å²) in [5, 5.41) is 0. The molecule has 1 aromatic carbocycles. The van der Waals surface area contributed by atoms with Crippen LogP contribution in [0.15, 0.2) is 22.7 Å². The molecule has 0 fully saturated rings. The number of nitrogens with two attached hydrogens (primary N) is 2. The Labute approximate surface area is 97.4 Å². The van der Waals surface area contributed by atoms with E-state index in [0.29, 0.717) is 17.4 Å². The summed E-state index contributed by atoms with van der Waals surface area (Å²) in [4.78, 5) is 0. The van der Waals surface area contributed by atoms with E-state index in [0.717, 1.165) is 5.56 Å². The largest absolute Gasteiger partial charge is 0.330 e. The quantitative estimate of drug-likeness (QED) is 0.895. The molecule has 0 saturated carbocycles. The lowest BCUT2D eigenvalue weighted by Crippen LogP contribution is -2.15. The maximum atomic E-state index is 12.7. The van der Waals surface area contributed by atoms with Crippen LogP contribution >= 0.6 is 28.3 Å². The van der Waals surface area contributed by atoms with E-state index in [4.69, 9.17) is 11.5 Å². The molecule has 0 aliphatic heterocycles. The molecule has 0 saturated heterocycles. The summed E-state index contributed by atoms with van der Waals surface area (Å²) in [6, 6.07) is 4.36. The van der Waals surface area contributed by atoms with E-state index < -0.39 is 0 Å². The van der Waals surface area contributed by atoms with Crippen LogP contribution in [0.5, 0.6) is 0 Å². The number of benzene rings is 1. The first-order chi connectivity index (χ1) is 6.15. The second kappa shape index (κ2) is 6.35. The highest BCUT2D eigenvalue weighted by molar-refractivity contribution is 9.10. The van der Waals surface area contributed by atoms with Gasteiger partial charge in [-0.1, -0.05) is 22.0 Å². The summed E-state index contributed by atoms with van der Waals surface area (Å²) in [7, 11) is 0. The zero-order chi connectivity index (χ0) is 9.84. The Hall–Kier alpha value is -0.160. The average molecular weight is 284 g/mol. The van der Waals surface area contributed by atoms with Gasteiger partial charge in [0.2, 0.25) is 0 Å². The molecule has 0 radical (unpaired) electrons. The fraction of sp³-hybridized carbons (Fsp3) is 0.333. The van der Waals surface area contributed by atoms with Crippen molar-refractivity contribution in [1.29, 1.82) is 0 Å². The van der Waals surface area contributed by atoms with E-state index in [9.17, 15) is 4.39 Å². The molecule has 0 spiro atoms. The molecule has 1 atom stereocenters. The number of rotatable bonds is 3. The van der Waals surface area contributed by atoms with Crippen LogP contribution in [0.4, 0.5) is 4.39 Å². The topological polar surface area (TPSA) is 52.0 Å². The molecule has 5 heteroatoms. The Balaban J connectivity index is 0.00000169. The van der Waals surface area contributed by atoms with E-state index in [2.05, 4.69) is 15.9 Å². The Morgan fingerprint density at radius 2 is 2.07 bits per heavy atom. The Morgan fingerprint density at radius 1 is 1.43 bits per heavy atom. The molecule has 4 N–H and O–H groups in total. The molecular weight excluding hydrogens is 270 g/mol. The van der Waals surface area contributed by atoms with Crippen LogP contribution in [0, 0.1) is 5.82 Å². The fourth-order valence-electron chi connectivity index (χ4n) is 1.14. The van der Waals surface area contributed by atoms with Gasteiger partial charge < -0.3 is 11.5 Å². The molecule has 0 unspecified atom stereocenters. The molecule has 2 nitrogen and oxygen atoms in total. The highest BCUT2D eigenvalue weighted by Crippen LogP contribution is 2.24. The van der Waals surface area contributed by atoms with Crippen molar-refractivity contribution in [3.05, 3.63) is 34.1 Å². The monoisotopic (exact) mass is 282 g/mol. The first-order valence-electron chi connectivity index (χ1n) is 4.05. The summed E-state index contributed by atoms with van der Waals surface area (Å²) in [6.45, 7) is 0.533. The minimum atomic E-state index is -0.268. The summed E-state index contributed by atoms with van der Waals surface area (Å²) in [5.41, 5.74) is 12.1. The third kappa shape index (κ3) is 3.53. The van der Waals surface area contributed by atoms with E-state index in [-0.39, 0.29) is 24.3 Å². The Kier molecular flexibility index (Phi) is 6.27. The zero-order valence-corrected chi connectivity index (χ0v) is 9.94. The van der Waals surface area contributed by atoms with Gasteiger partial charge in [-0.3, -0.25) is 0 Å². The number of halogens is 3. The molecule has 0 heterocycles. The second-order valence-corrected chi connectivity index (χ2v) is 3.70. The lowest BCUT2D eigenvalue weighted by Gasteiger charge is -2.12. The van der Waals surface area contributed by atoms with Crippen LogP contribution < -0.4 is 11.5 Å². The van der Waals surface area contributed by atoms with E-state index in [1.165, 1.54) is 12.1 Å². The van der Waals surface area contributed by atoms with E-state index >= 15 is 0 Å². The van der Waals surface area contributed by atoms with Gasteiger partial charge in [0.25, 0.3) is 0 Å². The molecule has 0 aliphatic carbocycles. The van der Waals surface area contributed by atoms with Crippen molar-refractivity contribution in [2.45, 2.75) is 12.5 Å². The molecule has 0 amide bonds. The van der Waals surface area contributed by atoms with Gasteiger partial charge in [0.05, 0.1) is 0 Å². The number of hydrogen-bond donors (Lipinski definition) is 2. The van der Waals surface area contributed by atoms with Crippen LogP contribution in [0.25, 0.3) is 0 Å². The van der Waals surface area contributed by atoms with Crippen LogP contribution in [0.2, 0.25) is 0 Å². The summed E-state index contributed by atoms with van der Waals surface area (Å²) in [5.74, 6) is -0.268. The van der Waals surface area contributed by atoms with Gasteiger partial charge in [-0.25, -0.2) is 4.39 Å². The van der Waals surface area contributed by atoms with Crippen LogP contribution in [-0.4, -0.2) is 6.54 Å². The van der Waals surface area contributed by atoms with Gasteiger partial charge in [-0.15, -0.1) is 12.4 Å². The number of hydrogen-bond acceptors (Lipinski definition) is 2. The van der Waals surface area contributed by atoms with Crippen molar-refractivity contribution >= 4 is 28.3 Å². The highest BCUT2D eigenvalue weighted by Gasteiger charge is 2.09. The van der Waals surface area contributed by atoms with Gasteiger partial charge in [0.15, 0.2) is 0 Å². The normalized spacial score (nSPS) is 12.0. The third-order valence-corrected chi connectivity index (χ3v) is 2.53. The highest BCUT2D eigenvalue weighted by atomic mass is 79.9. The molecule has 80 valence electrons. The minimum Gasteiger partial charge on any atom is -0.330 e. The van der Waals surface area contributed by atoms with Gasteiger partial charge >= 0.3 is 0 Å². The van der Waals surface area contributed by atoms with Crippen molar-refractivity contribution in [2.75, 3.05) is 6.54 Å². The van der Waals surface area contributed by atoms with Gasteiger partial charge in [-0.05, 0) is 30.7 Å². The van der Waals surface area contributed by atoms with Crippen molar-refractivity contribution in [1.82, 2.24) is 0 Å². The van der Waals surface area contributed by atoms with E-state index in [1.54, 1.807) is 6.07 Å². The summed E-state index contributed by atoms with van der Waals surface area (Å²) in [6.07, 6.45) is 0.699. The molecular formula is C9H13BrClFN2. The Morgan fingerprint density at radius 3 is 2.57 bits per heavy atom. The maximum Gasteiger partial charge on any atom is 0.124 e. The molecule has 14 heavy (non-hydrogen) atoms. The molecule has 0 aromatic heterocycles. The third-order valence-electron chi connectivity index (χ3n) is 1.84. The molecule has 1 aromatic rings. The lowest BCUT2D eigenvalue weighted by molar-refractivity contribution is 0.618. The van der Waals surface area contributed by atoms with Crippen LogP contribution in [0.1, 0.15) is 18.0 Å². The van der Waals surface area contributed by atoms with Gasteiger partial charge in [0.1, 0.15) is 5.82 Å². The maximum absolute atomic E-state index is 12.7. The zero-order valence-electron chi connectivity index (χ0n) is 7.54. The van der Waals surface area contributed by atoms with Crippen LogP contribution in [-0.2, 0) is 0 Å². The van der Waals surface area contributed by atoms with E-state index in [1.807, 2.05) is 0 Å². The lowest BCUT2D eigenvalue weighted by atomic mass is 10.1. The van der Waals surface area contributed by atoms with Crippen molar-refractivity contribution in [3.8, 4) is 0 Å². The molecule has 0 bridgehead atoms. The summed E-state index contributed by atoms with van der Waals surface area (Å²) < 4.78 is 13.4.